The molecule has 3 aromatic rings. The van der Waals surface area contributed by atoms with Gasteiger partial charge in [0.25, 0.3) is 5.91 Å². The summed E-state index contributed by atoms with van der Waals surface area (Å²) in [5, 5.41) is 5.89. The van der Waals surface area contributed by atoms with Crippen molar-refractivity contribution in [3.05, 3.63) is 82.0 Å². The van der Waals surface area contributed by atoms with Crippen LogP contribution in [0.1, 0.15) is 16.0 Å². The monoisotopic (exact) mass is 457 g/mol. The molecule has 1 N–H and O–H groups in total. The molecule has 0 saturated carbocycles. The van der Waals surface area contributed by atoms with Gasteiger partial charge in [0.15, 0.2) is 0 Å². The third-order valence-electron chi connectivity index (χ3n) is 4.49. The van der Waals surface area contributed by atoms with Crippen LogP contribution in [-0.4, -0.2) is 38.5 Å². The minimum absolute atomic E-state index is 0.0520. The maximum Gasteiger partial charge on any atom is 0.255 e. The van der Waals surface area contributed by atoms with Gasteiger partial charge in [0.2, 0.25) is 10.0 Å². The number of methoxy groups -OCH3 is 1. The van der Waals surface area contributed by atoms with Gasteiger partial charge in [0.1, 0.15) is 5.75 Å². The van der Waals surface area contributed by atoms with E-state index in [1.165, 1.54) is 30.6 Å². The van der Waals surface area contributed by atoms with E-state index < -0.39 is 15.9 Å². The molecule has 0 unspecified atom stereocenters. The van der Waals surface area contributed by atoms with Gasteiger partial charge in [-0.1, -0.05) is 30.3 Å². The van der Waals surface area contributed by atoms with Crippen molar-refractivity contribution >= 4 is 33.5 Å². The molecule has 0 fully saturated rings. The average molecular weight is 458 g/mol. The van der Waals surface area contributed by atoms with Crippen LogP contribution in [0.2, 0.25) is 0 Å². The van der Waals surface area contributed by atoms with Crippen LogP contribution >= 0.6 is 11.3 Å². The molecule has 0 saturated heterocycles. The van der Waals surface area contributed by atoms with Crippen LogP contribution in [-0.2, 0) is 21.4 Å². The fourth-order valence-corrected chi connectivity index (χ4v) is 4.96. The Labute approximate surface area is 186 Å². The van der Waals surface area contributed by atoms with Crippen molar-refractivity contribution in [2.75, 3.05) is 13.7 Å². The molecule has 7 nitrogen and oxygen atoms in total. The lowest BCUT2D eigenvalue weighted by Gasteiger charge is -2.21. The van der Waals surface area contributed by atoms with Crippen molar-refractivity contribution in [2.24, 2.45) is 5.10 Å². The number of aryl methyl sites for hydroxylation is 1. The second-order valence-corrected chi connectivity index (χ2v) is 9.58. The highest BCUT2D eigenvalue weighted by molar-refractivity contribution is 7.89. The highest BCUT2D eigenvalue weighted by Crippen LogP contribution is 2.21. The van der Waals surface area contributed by atoms with Gasteiger partial charge in [0.05, 0.1) is 24.8 Å². The molecule has 9 heteroatoms. The van der Waals surface area contributed by atoms with Gasteiger partial charge in [-0.25, -0.2) is 13.8 Å². The normalized spacial score (nSPS) is 11.7. The molecule has 3 rings (SSSR count). The number of nitrogens with one attached hydrogen (secondary N) is 1. The van der Waals surface area contributed by atoms with Crippen molar-refractivity contribution in [3.8, 4) is 5.75 Å². The summed E-state index contributed by atoms with van der Waals surface area (Å²) in [6.07, 6.45) is 1.55. The van der Waals surface area contributed by atoms with Crippen LogP contribution in [0.5, 0.6) is 5.75 Å². The first-order valence-electron chi connectivity index (χ1n) is 9.44. The molecule has 162 valence electrons. The molecule has 0 radical (unpaired) electrons. The summed E-state index contributed by atoms with van der Waals surface area (Å²) in [7, 11) is -2.42. The lowest BCUT2D eigenvalue weighted by molar-refractivity contribution is -0.121. The van der Waals surface area contributed by atoms with E-state index >= 15 is 0 Å². The molecule has 1 heterocycles. The van der Waals surface area contributed by atoms with E-state index in [4.69, 9.17) is 4.74 Å². The van der Waals surface area contributed by atoms with Crippen LogP contribution in [0, 0.1) is 6.92 Å². The Bertz CT molecular complexity index is 1140. The number of nitrogens with zero attached hydrogens (tertiary/aromatic N) is 2. The molecule has 2 aromatic carbocycles. The summed E-state index contributed by atoms with van der Waals surface area (Å²) in [4.78, 5) is 13.5. The second kappa shape index (κ2) is 10.3. The number of ether oxygens (including phenoxy) is 1. The van der Waals surface area contributed by atoms with Crippen LogP contribution in [0.3, 0.4) is 0 Å². The van der Waals surface area contributed by atoms with E-state index in [9.17, 15) is 13.2 Å². The van der Waals surface area contributed by atoms with Crippen molar-refractivity contribution < 1.29 is 17.9 Å². The molecule has 31 heavy (non-hydrogen) atoms. The molecule has 0 bridgehead atoms. The largest absolute Gasteiger partial charge is 0.497 e. The van der Waals surface area contributed by atoms with Crippen molar-refractivity contribution in [1.82, 2.24) is 9.73 Å². The summed E-state index contributed by atoms with van der Waals surface area (Å²) in [6.45, 7) is 1.63. The highest BCUT2D eigenvalue weighted by Gasteiger charge is 2.27. The Morgan fingerprint density at radius 1 is 1.13 bits per heavy atom. The number of hydrazone groups is 1. The van der Waals surface area contributed by atoms with E-state index in [0.717, 1.165) is 20.3 Å². The zero-order chi connectivity index (χ0) is 22.3. The first-order chi connectivity index (χ1) is 14.9. The number of amides is 1. The van der Waals surface area contributed by atoms with Crippen LogP contribution < -0.4 is 10.2 Å². The first kappa shape index (κ1) is 22.7. The van der Waals surface area contributed by atoms with E-state index in [-0.39, 0.29) is 18.0 Å². The van der Waals surface area contributed by atoms with E-state index in [2.05, 4.69) is 10.5 Å². The lowest BCUT2D eigenvalue weighted by atomic mass is 10.2. The SMILES string of the molecule is COc1ccc(S(=O)(=O)N(CC(=O)NN=Cc2sccc2C)Cc2ccccc2)cc1. The van der Waals surface area contributed by atoms with Gasteiger partial charge in [-0.2, -0.15) is 9.41 Å². The first-order valence-corrected chi connectivity index (χ1v) is 11.8. The Balaban J connectivity index is 1.79. The van der Waals surface area contributed by atoms with Crippen molar-refractivity contribution in [1.29, 1.82) is 0 Å². The molecule has 0 aliphatic rings. The van der Waals surface area contributed by atoms with Crippen LogP contribution in [0.25, 0.3) is 0 Å². The van der Waals surface area contributed by atoms with E-state index in [1.54, 1.807) is 18.3 Å². The topological polar surface area (TPSA) is 88.1 Å². The fourth-order valence-electron chi connectivity index (χ4n) is 2.78. The second-order valence-electron chi connectivity index (χ2n) is 6.70. The predicted octanol–water partition coefficient (Wildman–Crippen LogP) is 3.41. The van der Waals surface area contributed by atoms with Gasteiger partial charge >= 0.3 is 0 Å². The zero-order valence-electron chi connectivity index (χ0n) is 17.2. The summed E-state index contributed by atoms with van der Waals surface area (Å²) >= 11 is 1.50. The van der Waals surface area contributed by atoms with Gasteiger partial charge in [0, 0.05) is 11.4 Å². The third kappa shape index (κ3) is 6.00. The molecule has 0 spiro atoms. The number of carbonyl (C=O) groups excluding carboxylic acids is 1. The Morgan fingerprint density at radius 3 is 2.45 bits per heavy atom. The lowest BCUT2D eigenvalue weighted by Crippen LogP contribution is -2.39. The molecule has 1 aromatic heterocycles. The predicted molar refractivity (Wildman–Crippen MR) is 122 cm³/mol. The maximum absolute atomic E-state index is 13.2. The van der Waals surface area contributed by atoms with Crippen LogP contribution in [0.15, 0.2) is 76.0 Å². The number of sulfonamides is 1. The number of carbonyl (C=O) groups is 1. The van der Waals surface area contributed by atoms with Gasteiger partial charge in [-0.15, -0.1) is 11.3 Å². The number of benzene rings is 2. The minimum Gasteiger partial charge on any atom is -0.497 e. The Morgan fingerprint density at radius 2 is 1.84 bits per heavy atom. The molecule has 0 atom stereocenters. The molecular weight excluding hydrogens is 434 g/mol. The quantitative estimate of drug-likeness (QED) is 0.394. The molecular formula is C22H23N3O4S2. The maximum atomic E-state index is 13.2. The number of hydrogen-bond donors (Lipinski definition) is 1. The summed E-state index contributed by atoms with van der Waals surface area (Å²) in [5.74, 6) is 0.0167. The average Bonchev–Trinajstić information content (AvgIpc) is 3.18. The number of rotatable bonds is 9. The molecule has 0 aliphatic carbocycles. The number of hydrogen-bond acceptors (Lipinski definition) is 6. The Kier molecular flexibility index (Phi) is 7.56. The molecule has 0 aliphatic heterocycles. The van der Waals surface area contributed by atoms with Crippen LogP contribution in [0.4, 0.5) is 0 Å². The summed E-state index contributed by atoms with van der Waals surface area (Å²) in [6, 6.07) is 17.1. The minimum atomic E-state index is -3.93. The third-order valence-corrected chi connectivity index (χ3v) is 7.25. The van der Waals surface area contributed by atoms with E-state index in [1.807, 2.05) is 48.7 Å². The summed E-state index contributed by atoms with van der Waals surface area (Å²) in [5.41, 5.74) is 4.24. The fraction of sp³-hybridized carbons (Fsp3) is 0.182. The van der Waals surface area contributed by atoms with E-state index in [0.29, 0.717) is 5.75 Å². The van der Waals surface area contributed by atoms with Gasteiger partial charge in [-0.3, -0.25) is 4.79 Å². The number of thiophene rings is 1. The smallest absolute Gasteiger partial charge is 0.255 e. The Hall–Kier alpha value is -3.01. The van der Waals surface area contributed by atoms with Crippen molar-refractivity contribution in [2.45, 2.75) is 18.4 Å². The summed E-state index contributed by atoms with van der Waals surface area (Å²) < 4.78 is 32.7. The standard InChI is InChI=1S/C22H23N3O4S2/c1-17-12-13-30-21(17)14-23-24-22(26)16-25(15-18-6-4-3-5-7-18)31(27,28)20-10-8-19(29-2)9-11-20/h3-14H,15-16H2,1-2H3,(H,24,26). The van der Waals surface area contributed by atoms with Gasteiger partial charge in [-0.05, 0) is 53.8 Å². The zero-order valence-corrected chi connectivity index (χ0v) is 18.8. The van der Waals surface area contributed by atoms with Crippen molar-refractivity contribution in [3.63, 3.8) is 0 Å². The molecule has 1 amide bonds. The van der Waals surface area contributed by atoms with Gasteiger partial charge < -0.3 is 4.74 Å². The highest BCUT2D eigenvalue weighted by atomic mass is 32.2.